The summed E-state index contributed by atoms with van der Waals surface area (Å²) in [6.07, 6.45) is 4.81. The number of hydrogen-bond acceptors (Lipinski definition) is 1. The van der Waals surface area contributed by atoms with Crippen LogP contribution in [0.3, 0.4) is 0 Å². The standard InChI is InChI=1S/C13H17ClFN/c1-2-13(6-3-7-13)16-9-10-4-5-11(14)8-12(10)15/h4-5,8,16H,2-3,6-7,9H2,1H3. The highest BCUT2D eigenvalue weighted by molar-refractivity contribution is 6.30. The van der Waals surface area contributed by atoms with E-state index in [0.29, 0.717) is 17.1 Å². The lowest BCUT2D eigenvalue weighted by Gasteiger charge is -2.42. The molecule has 1 saturated carbocycles. The Morgan fingerprint density at radius 2 is 2.19 bits per heavy atom. The lowest BCUT2D eigenvalue weighted by Crippen LogP contribution is -2.49. The van der Waals surface area contributed by atoms with Gasteiger partial charge in [-0.05, 0) is 37.8 Å². The summed E-state index contributed by atoms with van der Waals surface area (Å²) in [4.78, 5) is 0. The molecule has 1 nitrogen and oxygen atoms in total. The fraction of sp³-hybridized carbons (Fsp3) is 0.538. The van der Waals surface area contributed by atoms with Gasteiger partial charge in [0.25, 0.3) is 0 Å². The average molecular weight is 242 g/mol. The van der Waals surface area contributed by atoms with Gasteiger partial charge in [0.1, 0.15) is 5.82 Å². The van der Waals surface area contributed by atoms with Crippen molar-refractivity contribution in [3.63, 3.8) is 0 Å². The molecule has 1 fully saturated rings. The molecule has 88 valence electrons. The Labute approximate surface area is 101 Å². The first-order chi connectivity index (χ1) is 7.65. The van der Waals surface area contributed by atoms with E-state index < -0.39 is 0 Å². The summed E-state index contributed by atoms with van der Waals surface area (Å²) in [6, 6.07) is 4.87. The molecule has 0 bridgehead atoms. The lowest BCUT2D eigenvalue weighted by molar-refractivity contribution is 0.175. The molecule has 0 aliphatic heterocycles. The third kappa shape index (κ3) is 2.38. The zero-order valence-corrected chi connectivity index (χ0v) is 10.3. The molecule has 1 aromatic rings. The van der Waals surface area contributed by atoms with E-state index in [1.807, 2.05) is 0 Å². The third-order valence-electron chi connectivity index (χ3n) is 3.66. The second-order valence-electron chi connectivity index (χ2n) is 4.58. The summed E-state index contributed by atoms with van der Waals surface area (Å²) in [5.41, 5.74) is 0.954. The summed E-state index contributed by atoms with van der Waals surface area (Å²) in [5.74, 6) is -0.217. The normalized spacial score (nSPS) is 18.2. The number of nitrogens with one attached hydrogen (secondary N) is 1. The molecule has 2 rings (SSSR count). The second-order valence-corrected chi connectivity index (χ2v) is 5.01. The third-order valence-corrected chi connectivity index (χ3v) is 3.89. The molecule has 3 heteroatoms. The Morgan fingerprint density at radius 3 is 2.69 bits per heavy atom. The van der Waals surface area contributed by atoms with Gasteiger partial charge in [0.15, 0.2) is 0 Å². The number of rotatable bonds is 4. The van der Waals surface area contributed by atoms with Crippen LogP contribution in [0.4, 0.5) is 4.39 Å². The van der Waals surface area contributed by atoms with Gasteiger partial charge in [-0.2, -0.15) is 0 Å². The van der Waals surface area contributed by atoms with E-state index in [4.69, 9.17) is 11.6 Å². The highest BCUT2D eigenvalue weighted by Crippen LogP contribution is 2.34. The first-order valence-corrected chi connectivity index (χ1v) is 6.22. The van der Waals surface area contributed by atoms with Crippen molar-refractivity contribution in [2.24, 2.45) is 0 Å². The summed E-state index contributed by atoms with van der Waals surface area (Å²) < 4.78 is 13.5. The van der Waals surface area contributed by atoms with Crippen molar-refractivity contribution >= 4 is 11.6 Å². The number of hydrogen-bond donors (Lipinski definition) is 1. The minimum absolute atomic E-state index is 0.217. The van der Waals surface area contributed by atoms with E-state index in [2.05, 4.69) is 12.2 Å². The molecule has 1 aliphatic carbocycles. The van der Waals surface area contributed by atoms with Crippen molar-refractivity contribution in [2.75, 3.05) is 0 Å². The smallest absolute Gasteiger partial charge is 0.129 e. The highest BCUT2D eigenvalue weighted by atomic mass is 35.5. The van der Waals surface area contributed by atoms with Crippen LogP contribution in [0, 0.1) is 5.82 Å². The van der Waals surface area contributed by atoms with Crippen molar-refractivity contribution in [3.05, 3.63) is 34.6 Å². The average Bonchev–Trinajstić information content (AvgIpc) is 2.19. The minimum Gasteiger partial charge on any atom is -0.307 e. The van der Waals surface area contributed by atoms with Crippen LogP contribution >= 0.6 is 11.6 Å². The predicted octanol–water partition coefficient (Wildman–Crippen LogP) is 3.90. The topological polar surface area (TPSA) is 12.0 Å². The molecule has 0 atom stereocenters. The van der Waals surface area contributed by atoms with Crippen LogP contribution in [-0.2, 0) is 6.54 Å². The van der Waals surface area contributed by atoms with Gasteiger partial charge in [-0.3, -0.25) is 0 Å². The van der Waals surface area contributed by atoms with Crippen LogP contribution < -0.4 is 5.32 Å². The molecule has 1 aromatic carbocycles. The molecule has 0 spiro atoms. The van der Waals surface area contributed by atoms with E-state index in [1.54, 1.807) is 12.1 Å². The van der Waals surface area contributed by atoms with Gasteiger partial charge in [-0.15, -0.1) is 0 Å². The zero-order valence-electron chi connectivity index (χ0n) is 9.52. The maximum atomic E-state index is 13.5. The molecular formula is C13H17ClFN. The molecule has 0 aromatic heterocycles. The van der Waals surface area contributed by atoms with Crippen LogP contribution in [0.25, 0.3) is 0 Å². The van der Waals surface area contributed by atoms with E-state index in [1.165, 1.54) is 25.3 Å². The van der Waals surface area contributed by atoms with Crippen molar-refractivity contribution in [3.8, 4) is 0 Å². The van der Waals surface area contributed by atoms with Crippen LogP contribution in [0.15, 0.2) is 18.2 Å². The molecule has 0 heterocycles. The fourth-order valence-corrected chi connectivity index (χ4v) is 2.37. The molecular weight excluding hydrogens is 225 g/mol. The Bertz CT molecular complexity index is 369. The predicted molar refractivity (Wildman–Crippen MR) is 65.1 cm³/mol. The highest BCUT2D eigenvalue weighted by Gasteiger charge is 2.34. The van der Waals surface area contributed by atoms with E-state index in [0.717, 1.165) is 6.42 Å². The minimum atomic E-state index is -0.217. The Morgan fingerprint density at radius 1 is 1.44 bits per heavy atom. The quantitative estimate of drug-likeness (QED) is 0.843. The maximum Gasteiger partial charge on any atom is 0.129 e. The summed E-state index contributed by atoms with van der Waals surface area (Å²) in [5, 5.41) is 3.93. The van der Waals surface area contributed by atoms with Crippen molar-refractivity contribution in [1.29, 1.82) is 0 Å². The fourth-order valence-electron chi connectivity index (χ4n) is 2.21. The van der Waals surface area contributed by atoms with Crippen molar-refractivity contribution in [2.45, 2.75) is 44.7 Å². The van der Waals surface area contributed by atoms with Crippen molar-refractivity contribution < 1.29 is 4.39 Å². The Hall–Kier alpha value is -0.600. The first kappa shape index (κ1) is 11.9. The number of halogens is 2. The summed E-state index contributed by atoms with van der Waals surface area (Å²) in [6.45, 7) is 2.78. The Balaban J connectivity index is 1.99. The SMILES string of the molecule is CCC1(NCc2ccc(Cl)cc2F)CCC1. The monoisotopic (exact) mass is 241 g/mol. The van der Waals surface area contributed by atoms with Crippen LogP contribution in [0.5, 0.6) is 0 Å². The second kappa shape index (κ2) is 4.72. The molecule has 0 radical (unpaired) electrons. The van der Waals surface area contributed by atoms with Gasteiger partial charge in [0.2, 0.25) is 0 Å². The molecule has 0 amide bonds. The van der Waals surface area contributed by atoms with Gasteiger partial charge < -0.3 is 5.32 Å². The van der Waals surface area contributed by atoms with E-state index in [-0.39, 0.29) is 11.4 Å². The largest absolute Gasteiger partial charge is 0.307 e. The van der Waals surface area contributed by atoms with E-state index in [9.17, 15) is 4.39 Å². The zero-order chi connectivity index (χ0) is 11.6. The molecule has 1 N–H and O–H groups in total. The van der Waals surface area contributed by atoms with Gasteiger partial charge >= 0.3 is 0 Å². The maximum absolute atomic E-state index is 13.5. The first-order valence-electron chi connectivity index (χ1n) is 5.84. The molecule has 1 aliphatic rings. The van der Waals surface area contributed by atoms with Crippen molar-refractivity contribution in [1.82, 2.24) is 5.32 Å². The van der Waals surface area contributed by atoms with Crippen LogP contribution in [0.2, 0.25) is 5.02 Å². The molecule has 16 heavy (non-hydrogen) atoms. The van der Waals surface area contributed by atoms with Gasteiger partial charge in [0.05, 0.1) is 0 Å². The Kier molecular flexibility index (Phi) is 3.50. The number of benzene rings is 1. The summed E-state index contributed by atoms with van der Waals surface area (Å²) >= 11 is 5.71. The molecule has 0 saturated heterocycles. The van der Waals surface area contributed by atoms with Gasteiger partial charge in [0, 0.05) is 22.7 Å². The van der Waals surface area contributed by atoms with Gasteiger partial charge in [-0.25, -0.2) is 4.39 Å². The van der Waals surface area contributed by atoms with Gasteiger partial charge in [-0.1, -0.05) is 24.6 Å². The van der Waals surface area contributed by atoms with Crippen LogP contribution in [0.1, 0.15) is 38.2 Å². The molecule has 0 unspecified atom stereocenters. The van der Waals surface area contributed by atoms with E-state index >= 15 is 0 Å². The lowest BCUT2D eigenvalue weighted by atomic mass is 9.75. The van der Waals surface area contributed by atoms with Crippen LogP contribution in [-0.4, -0.2) is 5.54 Å². The summed E-state index contributed by atoms with van der Waals surface area (Å²) in [7, 11) is 0.